The lowest BCUT2D eigenvalue weighted by atomic mass is 9.79. The van der Waals surface area contributed by atoms with Gasteiger partial charge in [0.05, 0.1) is 0 Å². The van der Waals surface area contributed by atoms with Crippen molar-refractivity contribution in [3.05, 3.63) is 36.1 Å². The molecule has 0 amide bonds. The Morgan fingerprint density at radius 3 is 2.67 bits per heavy atom. The van der Waals surface area contributed by atoms with Gasteiger partial charge in [-0.15, -0.1) is 0 Å². The molecule has 0 fully saturated rings. The molecular weight excluding hydrogens is 184 g/mol. The second kappa shape index (κ2) is 3.88. The van der Waals surface area contributed by atoms with Gasteiger partial charge in [-0.3, -0.25) is 0 Å². The van der Waals surface area contributed by atoms with Gasteiger partial charge in [0.1, 0.15) is 11.9 Å². The van der Waals surface area contributed by atoms with Gasteiger partial charge in [-0.05, 0) is 11.5 Å². The second-order valence-electron chi connectivity index (χ2n) is 5.48. The van der Waals surface area contributed by atoms with Crippen LogP contribution in [0.4, 0.5) is 0 Å². The summed E-state index contributed by atoms with van der Waals surface area (Å²) >= 11 is 0. The van der Waals surface area contributed by atoms with Crippen LogP contribution in [0.5, 0.6) is 0 Å². The summed E-state index contributed by atoms with van der Waals surface area (Å²) < 4.78 is 6.05. The van der Waals surface area contributed by atoms with Crippen molar-refractivity contribution in [2.24, 2.45) is 11.3 Å². The van der Waals surface area contributed by atoms with Crippen LogP contribution in [0.2, 0.25) is 0 Å². The molecule has 0 heterocycles. The first-order chi connectivity index (χ1) is 7.07. The van der Waals surface area contributed by atoms with Crippen LogP contribution in [0.3, 0.4) is 0 Å². The van der Waals surface area contributed by atoms with Gasteiger partial charge in [0, 0.05) is 18.8 Å². The Bertz CT molecular complexity index is 315. The van der Waals surface area contributed by atoms with E-state index in [0.717, 1.165) is 18.6 Å². The largest absolute Gasteiger partial charge is 0.493 e. The average Bonchev–Trinajstić information content (AvgIpc) is 2.73. The monoisotopic (exact) mass is 204 g/mol. The van der Waals surface area contributed by atoms with Crippen molar-refractivity contribution >= 4 is 0 Å². The Balaban J connectivity index is 1.98. The van der Waals surface area contributed by atoms with Gasteiger partial charge in [-0.25, -0.2) is 0 Å². The Morgan fingerprint density at radius 2 is 2.07 bits per heavy atom. The molecule has 0 radical (unpaired) electrons. The molecule has 0 saturated heterocycles. The number of rotatable bonds is 2. The van der Waals surface area contributed by atoms with E-state index < -0.39 is 0 Å². The van der Waals surface area contributed by atoms with E-state index in [0.29, 0.717) is 17.4 Å². The highest BCUT2D eigenvalue weighted by molar-refractivity contribution is 5.19. The molecule has 0 aromatic rings. The Morgan fingerprint density at radius 1 is 1.27 bits per heavy atom. The molecule has 0 aromatic carbocycles. The fourth-order valence-electron chi connectivity index (χ4n) is 2.31. The Kier molecular flexibility index (Phi) is 2.72. The molecular formula is C14H20O. The van der Waals surface area contributed by atoms with Crippen molar-refractivity contribution in [1.82, 2.24) is 0 Å². The average molecular weight is 204 g/mol. The van der Waals surface area contributed by atoms with Crippen molar-refractivity contribution in [1.29, 1.82) is 0 Å². The SMILES string of the molecule is CC(C)(C)C1C=CCC1OC1=CC=CC1. The molecule has 15 heavy (non-hydrogen) atoms. The van der Waals surface area contributed by atoms with Crippen molar-refractivity contribution in [3.63, 3.8) is 0 Å². The minimum Gasteiger partial charge on any atom is -0.493 e. The summed E-state index contributed by atoms with van der Waals surface area (Å²) in [7, 11) is 0. The zero-order chi connectivity index (χ0) is 10.9. The van der Waals surface area contributed by atoms with Gasteiger partial charge in [0.15, 0.2) is 0 Å². The summed E-state index contributed by atoms with van der Waals surface area (Å²) in [5.74, 6) is 1.66. The van der Waals surface area contributed by atoms with E-state index in [1.54, 1.807) is 0 Å². The molecule has 0 aliphatic heterocycles. The summed E-state index contributed by atoms with van der Waals surface area (Å²) in [6.07, 6.45) is 13.2. The van der Waals surface area contributed by atoms with Crippen molar-refractivity contribution in [2.75, 3.05) is 0 Å². The predicted octanol–water partition coefficient (Wildman–Crippen LogP) is 3.84. The van der Waals surface area contributed by atoms with Crippen molar-refractivity contribution in [3.8, 4) is 0 Å². The Hall–Kier alpha value is -0.980. The lowest BCUT2D eigenvalue weighted by Gasteiger charge is -2.32. The first-order valence-electron chi connectivity index (χ1n) is 5.76. The molecule has 0 aromatic heterocycles. The van der Waals surface area contributed by atoms with Crippen LogP contribution < -0.4 is 0 Å². The van der Waals surface area contributed by atoms with E-state index in [9.17, 15) is 0 Å². The fourth-order valence-corrected chi connectivity index (χ4v) is 2.31. The number of hydrogen-bond donors (Lipinski definition) is 0. The zero-order valence-corrected chi connectivity index (χ0v) is 9.86. The van der Waals surface area contributed by atoms with Crippen LogP contribution in [-0.2, 0) is 4.74 Å². The van der Waals surface area contributed by atoms with E-state index in [1.807, 2.05) is 0 Å². The van der Waals surface area contributed by atoms with Gasteiger partial charge >= 0.3 is 0 Å². The molecule has 1 nitrogen and oxygen atoms in total. The van der Waals surface area contributed by atoms with Gasteiger partial charge < -0.3 is 4.74 Å². The lowest BCUT2D eigenvalue weighted by molar-refractivity contribution is 0.0474. The van der Waals surface area contributed by atoms with Crippen LogP contribution in [0.15, 0.2) is 36.1 Å². The molecule has 1 heteroatoms. The topological polar surface area (TPSA) is 9.23 Å². The highest BCUT2D eigenvalue weighted by atomic mass is 16.5. The first kappa shape index (κ1) is 10.5. The number of ether oxygens (including phenoxy) is 1. The third-order valence-electron chi connectivity index (χ3n) is 3.15. The molecule has 0 saturated carbocycles. The maximum Gasteiger partial charge on any atom is 0.108 e. The first-order valence-corrected chi connectivity index (χ1v) is 5.76. The molecule has 2 atom stereocenters. The quantitative estimate of drug-likeness (QED) is 0.621. The molecule has 2 unspecified atom stereocenters. The van der Waals surface area contributed by atoms with Gasteiger partial charge in [-0.1, -0.05) is 45.1 Å². The predicted molar refractivity (Wildman–Crippen MR) is 63.4 cm³/mol. The molecule has 2 aliphatic rings. The van der Waals surface area contributed by atoms with Crippen molar-refractivity contribution in [2.45, 2.75) is 39.7 Å². The van der Waals surface area contributed by atoms with E-state index in [2.05, 4.69) is 51.2 Å². The maximum atomic E-state index is 6.05. The molecule has 0 spiro atoms. The lowest BCUT2D eigenvalue weighted by Crippen LogP contribution is -2.29. The molecule has 82 valence electrons. The maximum absolute atomic E-state index is 6.05. The van der Waals surface area contributed by atoms with Crippen LogP contribution in [0.1, 0.15) is 33.6 Å². The van der Waals surface area contributed by atoms with E-state index >= 15 is 0 Å². The normalized spacial score (nSPS) is 29.7. The van der Waals surface area contributed by atoms with Crippen molar-refractivity contribution < 1.29 is 4.74 Å². The summed E-state index contributed by atoms with van der Waals surface area (Å²) in [5, 5.41) is 0. The standard InChI is InChI=1S/C14H20O/c1-14(2,3)12-9-6-10-13(12)15-11-7-4-5-8-11/h4-7,9,12-13H,8,10H2,1-3H3. The van der Waals surface area contributed by atoms with E-state index in [1.165, 1.54) is 0 Å². The molecule has 2 rings (SSSR count). The zero-order valence-electron chi connectivity index (χ0n) is 9.86. The van der Waals surface area contributed by atoms with E-state index in [-0.39, 0.29) is 0 Å². The van der Waals surface area contributed by atoms with Gasteiger partial charge in [0.2, 0.25) is 0 Å². The third-order valence-corrected chi connectivity index (χ3v) is 3.15. The number of allylic oxidation sites excluding steroid dienone is 3. The minimum atomic E-state index is 0.296. The van der Waals surface area contributed by atoms with Gasteiger partial charge in [-0.2, -0.15) is 0 Å². The third kappa shape index (κ3) is 2.34. The Labute approximate surface area is 92.5 Å². The fraction of sp³-hybridized carbons (Fsp3) is 0.571. The summed E-state index contributed by atoms with van der Waals surface area (Å²) in [4.78, 5) is 0. The molecule has 2 aliphatic carbocycles. The number of hydrogen-bond acceptors (Lipinski definition) is 1. The van der Waals surface area contributed by atoms with Crippen LogP contribution in [0, 0.1) is 11.3 Å². The highest BCUT2D eigenvalue weighted by Gasteiger charge is 2.34. The van der Waals surface area contributed by atoms with Gasteiger partial charge in [0.25, 0.3) is 0 Å². The van der Waals surface area contributed by atoms with Crippen LogP contribution in [0.25, 0.3) is 0 Å². The molecule has 0 N–H and O–H groups in total. The summed E-state index contributed by atoms with van der Waals surface area (Å²) in [5.41, 5.74) is 0.296. The summed E-state index contributed by atoms with van der Waals surface area (Å²) in [6, 6.07) is 0. The summed E-state index contributed by atoms with van der Waals surface area (Å²) in [6.45, 7) is 6.85. The van der Waals surface area contributed by atoms with E-state index in [4.69, 9.17) is 4.74 Å². The highest BCUT2D eigenvalue weighted by Crippen LogP contribution is 2.38. The molecule has 0 bridgehead atoms. The minimum absolute atomic E-state index is 0.296. The second-order valence-corrected chi connectivity index (χ2v) is 5.48. The smallest absolute Gasteiger partial charge is 0.108 e. The van der Waals surface area contributed by atoms with Crippen LogP contribution in [-0.4, -0.2) is 6.10 Å². The van der Waals surface area contributed by atoms with Crippen LogP contribution >= 0.6 is 0 Å².